The molecule has 0 amide bonds. The number of nitrogens with one attached hydrogen (secondary N) is 1. The molecule has 3 atom stereocenters. The average Bonchev–Trinajstić information content (AvgIpc) is 2.48. The van der Waals surface area contributed by atoms with Crippen LogP contribution in [-0.2, 0) is 4.79 Å². The fraction of sp³-hybridized carbons (Fsp3) is 0.500. The third-order valence-corrected chi connectivity index (χ3v) is 4.06. The van der Waals surface area contributed by atoms with E-state index >= 15 is 0 Å². The van der Waals surface area contributed by atoms with Crippen LogP contribution in [0.5, 0.6) is 0 Å². The predicted octanol–water partition coefficient (Wildman–Crippen LogP) is 2.11. The number of rotatable bonds is 3. The summed E-state index contributed by atoms with van der Waals surface area (Å²) < 4.78 is 0. The van der Waals surface area contributed by atoms with Crippen molar-refractivity contribution in [2.75, 3.05) is 20.6 Å². The van der Waals surface area contributed by atoms with Crippen LogP contribution < -0.4 is 5.32 Å². The molecule has 4 nitrogen and oxygen atoms in total. The number of aliphatic carboxylic acids is 1. The highest BCUT2D eigenvalue weighted by Gasteiger charge is 2.31. The highest BCUT2D eigenvalue weighted by Crippen LogP contribution is 2.31. The van der Waals surface area contributed by atoms with Crippen LogP contribution in [-0.4, -0.2) is 42.7 Å². The number of benzene rings is 1. The second-order valence-electron chi connectivity index (χ2n) is 6.25. The van der Waals surface area contributed by atoms with Crippen molar-refractivity contribution < 1.29 is 9.90 Å². The van der Waals surface area contributed by atoms with Crippen LogP contribution in [0.1, 0.15) is 36.9 Å². The van der Waals surface area contributed by atoms with E-state index in [1.54, 1.807) is 0 Å². The second kappa shape index (κ2) is 7.44. The van der Waals surface area contributed by atoms with Crippen molar-refractivity contribution in [2.24, 2.45) is 5.92 Å². The maximum Gasteiger partial charge on any atom is 0.320 e. The quantitative estimate of drug-likeness (QED) is 0.840. The van der Waals surface area contributed by atoms with Crippen LogP contribution in [0.15, 0.2) is 24.3 Å². The van der Waals surface area contributed by atoms with Crippen molar-refractivity contribution in [3.8, 4) is 11.8 Å². The molecule has 0 bridgehead atoms. The van der Waals surface area contributed by atoms with E-state index in [0.717, 1.165) is 24.1 Å². The summed E-state index contributed by atoms with van der Waals surface area (Å²) in [4.78, 5) is 13.2. The largest absolute Gasteiger partial charge is 0.480 e. The summed E-state index contributed by atoms with van der Waals surface area (Å²) in [5, 5.41) is 12.4. The van der Waals surface area contributed by atoms with Crippen molar-refractivity contribution in [1.29, 1.82) is 0 Å². The molecule has 0 aliphatic carbocycles. The minimum atomic E-state index is -0.761. The topological polar surface area (TPSA) is 52.6 Å². The van der Waals surface area contributed by atoms with Gasteiger partial charge in [0.25, 0.3) is 0 Å². The van der Waals surface area contributed by atoms with Gasteiger partial charge in [-0.3, -0.25) is 15.0 Å². The summed E-state index contributed by atoms with van der Waals surface area (Å²) in [5.41, 5.74) is 2.13. The van der Waals surface area contributed by atoms with Crippen molar-refractivity contribution in [2.45, 2.75) is 31.8 Å². The molecular weight excluding hydrogens is 276 g/mol. The van der Waals surface area contributed by atoms with E-state index in [1.165, 1.54) is 0 Å². The molecule has 2 rings (SSSR count). The standard InChI is InChI=1S/C18H24N2O2/c1-13-6-11-16(18(21)22)19-17(13)15-9-7-14(8-10-15)5-4-12-20(2)3/h7-10,13,16-17,19H,6,11-12H2,1-3H3,(H,21,22)/t13-,16-,17-/m0/s1. The molecule has 1 heterocycles. The third kappa shape index (κ3) is 4.33. The molecule has 1 saturated heterocycles. The second-order valence-corrected chi connectivity index (χ2v) is 6.25. The fourth-order valence-corrected chi connectivity index (χ4v) is 2.75. The summed E-state index contributed by atoms with van der Waals surface area (Å²) in [6.45, 7) is 2.91. The summed E-state index contributed by atoms with van der Waals surface area (Å²) in [7, 11) is 3.99. The lowest BCUT2D eigenvalue weighted by Crippen LogP contribution is -2.45. The Labute approximate surface area is 132 Å². The van der Waals surface area contributed by atoms with Crippen LogP contribution in [0.3, 0.4) is 0 Å². The molecular formula is C18H24N2O2. The normalized spacial score (nSPS) is 24.6. The Balaban J connectivity index is 2.08. The zero-order chi connectivity index (χ0) is 16.1. The van der Waals surface area contributed by atoms with Gasteiger partial charge in [0.15, 0.2) is 0 Å². The minimum absolute atomic E-state index is 0.0960. The van der Waals surface area contributed by atoms with Crippen molar-refractivity contribution in [3.63, 3.8) is 0 Å². The van der Waals surface area contributed by atoms with Gasteiger partial charge >= 0.3 is 5.97 Å². The molecule has 0 unspecified atom stereocenters. The van der Waals surface area contributed by atoms with Crippen molar-refractivity contribution in [3.05, 3.63) is 35.4 Å². The van der Waals surface area contributed by atoms with Gasteiger partial charge in [-0.1, -0.05) is 30.9 Å². The molecule has 4 heteroatoms. The number of carboxylic acid groups (broad SMARTS) is 1. The monoisotopic (exact) mass is 300 g/mol. The maximum atomic E-state index is 11.2. The molecule has 1 fully saturated rings. The molecule has 22 heavy (non-hydrogen) atoms. The molecule has 1 aliphatic heterocycles. The van der Waals surface area contributed by atoms with E-state index in [2.05, 4.69) is 36.2 Å². The van der Waals surface area contributed by atoms with Gasteiger partial charge in [-0.05, 0) is 50.6 Å². The highest BCUT2D eigenvalue weighted by atomic mass is 16.4. The summed E-state index contributed by atoms with van der Waals surface area (Å²) in [6, 6.07) is 7.78. The number of nitrogens with zero attached hydrogens (tertiary/aromatic N) is 1. The molecule has 1 aliphatic rings. The lowest BCUT2D eigenvalue weighted by molar-refractivity contribution is -0.140. The van der Waals surface area contributed by atoms with Gasteiger partial charge in [0.2, 0.25) is 0 Å². The first-order chi connectivity index (χ1) is 10.5. The first-order valence-corrected chi connectivity index (χ1v) is 7.70. The molecule has 0 aromatic heterocycles. The van der Waals surface area contributed by atoms with E-state index in [-0.39, 0.29) is 6.04 Å². The summed E-state index contributed by atoms with van der Waals surface area (Å²) in [6.07, 6.45) is 1.63. The number of piperidine rings is 1. The number of carbonyl (C=O) groups is 1. The third-order valence-electron chi connectivity index (χ3n) is 4.06. The molecule has 0 spiro atoms. The Kier molecular flexibility index (Phi) is 5.59. The van der Waals surface area contributed by atoms with Gasteiger partial charge in [-0.15, -0.1) is 0 Å². The lowest BCUT2D eigenvalue weighted by atomic mass is 9.84. The van der Waals surface area contributed by atoms with Crippen LogP contribution in [0.4, 0.5) is 0 Å². The number of carboxylic acids is 1. The van der Waals surface area contributed by atoms with Gasteiger partial charge < -0.3 is 5.11 Å². The van der Waals surface area contributed by atoms with Crippen molar-refractivity contribution >= 4 is 5.97 Å². The van der Waals surface area contributed by atoms with E-state index in [1.807, 2.05) is 31.1 Å². The smallest absolute Gasteiger partial charge is 0.320 e. The Morgan fingerprint density at radius 3 is 2.59 bits per heavy atom. The van der Waals surface area contributed by atoms with Crippen LogP contribution in [0.2, 0.25) is 0 Å². The van der Waals surface area contributed by atoms with Crippen LogP contribution in [0.25, 0.3) is 0 Å². The van der Waals surface area contributed by atoms with Crippen LogP contribution >= 0.6 is 0 Å². The molecule has 0 radical (unpaired) electrons. The zero-order valence-electron chi connectivity index (χ0n) is 13.5. The Morgan fingerprint density at radius 1 is 1.32 bits per heavy atom. The van der Waals surface area contributed by atoms with Gasteiger partial charge in [0.1, 0.15) is 6.04 Å². The van der Waals surface area contributed by atoms with Gasteiger partial charge in [0.05, 0.1) is 6.54 Å². The minimum Gasteiger partial charge on any atom is -0.480 e. The molecule has 2 N–H and O–H groups in total. The predicted molar refractivity (Wildman–Crippen MR) is 87.6 cm³/mol. The Morgan fingerprint density at radius 2 is 2.00 bits per heavy atom. The van der Waals surface area contributed by atoms with E-state index in [9.17, 15) is 9.90 Å². The zero-order valence-corrected chi connectivity index (χ0v) is 13.5. The average molecular weight is 300 g/mol. The molecule has 1 aromatic carbocycles. The first kappa shape index (κ1) is 16.5. The lowest BCUT2D eigenvalue weighted by Gasteiger charge is -2.34. The Hall–Kier alpha value is -1.83. The maximum absolute atomic E-state index is 11.2. The highest BCUT2D eigenvalue weighted by molar-refractivity contribution is 5.73. The number of hydrogen-bond donors (Lipinski definition) is 2. The first-order valence-electron chi connectivity index (χ1n) is 7.70. The van der Waals surface area contributed by atoms with Crippen molar-refractivity contribution in [1.82, 2.24) is 10.2 Å². The molecule has 1 aromatic rings. The SMILES string of the molecule is C[C@H]1CC[C@@H](C(=O)O)N[C@@H]1c1ccc(C#CCN(C)C)cc1. The van der Waals surface area contributed by atoms with Gasteiger partial charge in [-0.25, -0.2) is 0 Å². The Bertz CT molecular complexity index is 569. The molecule has 118 valence electrons. The summed E-state index contributed by atoms with van der Waals surface area (Å²) >= 11 is 0. The summed E-state index contributed by atoms with van der Waals surface area (Å²) in [5.74, 6) is 5.92. The number of hydrogen-bond acceptors (Lipinski definition) is 3. The molecule has 0 saturated carbocycles. The fourth-order valence-electron chi connectivity index (χ4n) is 2.75. The van der Waals surface area contributed by atoms with Gasteiger partial charge in [-0.2, -0.15) is 0 Å². The van der Waals surface area contributed by atoms with E-state index in [0.29, 0.717) is 12.3 Å². The van der Waals surface area contributed by atoms with E-state index in [4.69, 9.17) is 0 Å². The van der Waals surface area contributed by atoms with Gasteiger partial charge in [0, 0.05) is 11.6 Å². The van der Waals surface area contributed by atoms with Crippen LogP contribution in [0, 0.1) is 17.8 Å². The van der Waals surface area contributed by atoms with E-state index < -0.39 is 12.0 Å².